The van der Waals surface area contributed by atoms with Crippen LogP contribution in [-0.2, 0) is 11.4 Å². The van der Waals surface area contributed by atoms with Gasteiger partial charge in [0.2, 0.25) is 0 Å². The molecule has 0 aromatic heterocycles. The molecule has 0 saturated carbocycles. The van der Waals surface area contributed by atoms with Crippen LogP contribution in [0.2, 0.25) is 0 Å². The van der Waals surface area contributed by atoms with Crippen molar-refractivity contribution in [2.45, 2.75) is 44.8 Å². The molecule has 1 atom stereocenters. The molecule has 1 aliphatic carbocycles. The molecule has 6 nitrogen and oxygen atoms in total. The second-order valence-corrected chi connectivity index (χ2v) is 9.73. The van der Waals surface area contributed by atoms with Crippen molar-refractivity contribution in [3.05, 3.63) is 23.2 Å². The van der Waals surface area contributed by atoms with Gasteiger partial charge in [-0.25, -0.2) is 9.18 Å². The van der Waals surface area contributed by atoms with Gasteiger partial charge in [-0.15, -0.1) is 0 Å². The molecule has 0 radical (unpaired) electrons. The minimum atomic E-state index is -1.49. The SMILES string of the molecule is CC(C)(C)[S+]([O-])N=C1C2=C(CC13CCNCC3)N(C(=O)O)CC(F)=C2. The highest BCUT2D eigenvalue weighted by Gasteiger charge is 2.50. The monoisotopic (exact) mass is 369 g/mol. The standard InChI is InChI=1S/C17H24FN3O3S/c1-16(2,3)25(24)20-14-12-8-11(18)10-21(15(22)23)13(12)9-17(14)4-6-19-7-5-17/h8,19H,4-7,9-10H2,1-3H3,(H,22,23). The van der Waals surface area contributed by atoms with Gasteiger partial charge in [0.25, 0.3) is 0 Å². The van der Waals surface area contributed by atoms with Crippen LogP contribution >= 0.6 is 0 Å². The Hall–Kier alpha value is -1.38. The Morgan fingerprint density at radius 2 is 2.08 bits per heavy atom. The van der Waals surface area contributed by atoms with Gasteiger partial charge in [-0.1, -0.05) is 4.40 Å². The summed E-state index contributed by atoms with van der Waals surface area (Å²) in [5.74, 6) is -0.513. The summed E-state index contributed by atoms with van der Waals surface area (Å²) >= 11 is -1.49. The number of hydrogen-bond acceptors (Lipinski definition) is 4. The van der Waals surface area contributed by atoms with Crippen LogP contribution in [0.4, 0.5) is 9.18 Å². The van der Waals surface area contributed by atoms with Gasteiger partial charge >= 0.3 is 6.09 Å². The van der Waals surface area contributed by atoms with Gasteiger partial charge in [-0.3, -0.25) is 4.90 Å². The van der Waals surface area contributed by atoms with Gasteiger partial charge in [0.15, 0.2) is 0 Å². The Morgan fingerprint density at radius 1 is 1.44 bits per heavy atom. The fraction of sp³-hybridized carbons (Fsp3) is 0.647. The molecule has 1 saturated heterocycles. The number of hydrogen-bond donors (Lipinski definition) is 2. The Balaban J connectivity index is 2.11. The van der Waals surface area contributed by atoms with E-state index in [1.807, 2.05) is 20.8 Å². The fourth-order valence-electron chi connectivity index (χ4n) is 3.63. The third kappa shape index (κ3) is 3.35. The lowest BCUT2D eigenvalue weighted by Crippen LogP contribution is -2.41. The molecule has 1 fully saturated rings. The van der Waals surface area contributed by atoms with Crippen molar-refractivity contribution in [1.29, 1.82) is 0 Å². The largest absolute Gasteiger partial charge is 0.591 e. The van der Waals surface area contributed by atoms with Gasteiger partial charge in [0.1, 0.15) is 27.6 Å². The molecule has 25 heavy (non-hydrogen) atoms. The zero-order chi connectivity index (χ0) is 18.4. The summed E-state index contributed by atoms with van der Waals surface area (Å²) < 4.78 is 30.7. The number of halogens is 1. The summed E-state index contributed by atoms with van der Waals surface area (Å²) in [5, 5.41) is 12.8. The first-order valence-electron chi connectivity index (χ1n) is 8.46. The lowest BCUT2D eigenvalue weighted by Gasteiger charge is -2.35. The van der Waals surface area contributed by atoms with Crippen LogP contribution in [0, 0.1) is 5.41 Å². The van der Waals surface area contributed by atoms with E-state index in [-0.39, 0.29) is 12.0 Å². The summed E-state index contributed by atoms with van der Waals surface area (Å²) in [5.41, 5.74) is 1.33. The van der Waals surface area contributed by atoms with Gasteiger partial charge in [0, 0.05) is 23.1 Å². The number of allylic oxidation sites excluding steroid dienone is 3. The van der Waals surface area contributed by atoms with E-state index in [2.05, 4.69) is 9.71 Å². The highest BCUT2D eigenvalue weighted by Crippen LogP contribution is 2.49. The van der Waals surface area contributed by atoms with Crippen LogP contribution in [0.15, 0.2) is 27.6 Å². The third-order valence-corrected chi connectivity index (χ3v) is 6.40. The molecule has 3 aliphatic rings. The molecule has 2 aliphatic heterocycles. The van der Waals surface area contributed by atoms with Crippen molar-refractivity contribution >= 4 is 23.2 Å². The molecule has 2 heterocycles. The maximum atomic E-state index is 14.1. The Morgan fingerprint density at radius 3 is 2.64 bits per heavy atom. The molecule has 0 aromatic carbocycles. The summed E-state index contributed by atoms with van der Waals surface area (Å²) in [6.45, 7) is 6.81. The van der Waals surface area contributed by atoms with Crippen molar-refractivity contribution in [2.75, 3.05) is 19.6 Å². The van der Waals surface area contributed by atoms with E-state index in [4.69, 9.17) is 0 Å². The van der Waals surface area contributed by atoms with Crippen molar-refractivity contribution in [2.24, 2.45) is 9.81 Å². The number of piperidine rings is 1. The van der Waals surface area contributed by atoms with Crippen LogP contribution < -0.4 is 5.32 Å². The zero-order valence-corrected chi connectivity index (χ0v) is 15.6. The molecular formula is C17H24FN3O3S. The second kappa shape index (κ2) is 6.41. The second-order valence-electron chi connectivity index (χ2n) is 7.83. The Bertz CT molecular complexity index is 675. The predicted octanol–water partition coefficient (Wildman–Crippen LogP) is 2.76. The van der Waals surface area contributed by atoms with Crippen LogP contribution in [0.1, 0.15) is 40.0 Å². The van der Waals surface area contributed by atoms with Crippen LogP contribution in [-0.4, -0.2) is 50.7 Å². The minimum Gasteiger partial charge on any atom is -0.591 e. The van der Waals surface area contributed by atoms with Crippen LogP contribution in [0.3, 0.4) is 0 Å². The molecule has 1 unspecified atom stereocenters. The van der Waals surface area contributed by atoms with Crippen LogP contribution in [0.5, 0.6) is 0 Å². The zero-order valence-electron chi connectivity index (χ0n) is 14.8. The smallest absolute Gasteiger partial charge is 0.411 e. The number of nitrogens with zero attached hydrogens (tertiary/aromatic N) is 2. The number of nitrogens with one attached hydrogen (secondary N) is 1. The number of carbonyl (C=O) groups is 1. The lowest BCUT2D eigenvalue weighted by atomic mass is 9.74. The molecule has 1 spiro atoms. The molecule has 138 valence electrons. The average Bonchev–Trinajstić information content (AvgIpc) is 2.80. The molecule has 0 aromatic rings. The first kappa shape index (κ1) is 18.4. The quantitative estimate of drug-likeness (QED) is 0.696. The van der Waals surface area contributed by atoms with Crippen molar-refractivity contribution < 1.29 is 18.8 Å². The van der Waals surface area contributed by atoms with Crippen molar-refractivity contribution in [3.63, 3.8) is 0 Å². The first-order valence-corrected chi connectivity index (χ1v) is 9.57. The minimum absolute atomic E-state index is 0.266. The molecule has 0 bridgehead atoms. The van der Waals surface area contributed by atoms with Crippen molar-refractivity contribution in [3.8, 4) is 0 Å². The molecule has 8 heteroatoms. The first-order chi connectivity index (χ1) is 11.6. The number of rotatable bonds is 1. The average molecular weight is 369 g/mol. The maximum Gasteiger partial charge on any atom is 0.411 e. The van der Waals surface area contributed by atoms with E-state index in [1.54, 1.807) is 0 Å². The van der Waals surface area contributed by atoms with Crippen molar-refractivity contribution in [1.82, 2.24) is 10.2 Å². The topological polar surface area (TPSA) is 88.0 Å². The summed E-state index contributed by atoms with van der Waals surface area (Å²) in [7, 11) is 0. The maximum absolute atomic E-state index is 14.1. The van der Waals surface area contributed by atoms with Gasteiger partial charge in [-0.2, -0.15) is 0 Å². The molecule has 1 amide bonds. The van der Waals surface area contributed by atoms with Gasteiger partial charge < -0.3 is 15.0 Å². The number of carboxylic acid groups (broad SMARTS) is 1. The van der Waals surface area contributed by atoms with E-state index in [1.165, 1.54) is 6.08 Å². The molecule has 2 N–H and O–H groups in total. The fourth-order valence-corrected chi connectivity index (χ4v) is 4.36. The predicted molar refractivity (Wildman–Crippen MR) is 95.4 cm³/mol. The molecule has 3 rings (SSSR count). The summed E-state index contributed by atoms with van der Waals surface area (Å²) in [6, 6.07) is 0. The summed E-state index contributed by atoms with van der Waals surface area (Å²) in [4.78, 5) is 12.7. The van der Waals surface area contributed by atoms with Gasteiger partial charge in [-0.05, 0) is 52.8 Å². The van der Waals surface area contributed by atoms with E-state index in [9.17, 15) is 18.8 Å². The Kier molecular flexibility index (Phi) is 4.72. The molecular weight excluding hydrogens is 345 g/mol. The summed E-state index contributed by atoms with van der Waals surface area (Å²) in [6.07, 6.45) is 2.24. The van der Waals surface area contributed by atoms with E-state index in [0.717, 1.165) is 30.8 Å². The highest BCUT2D eigenvalue weighted by molar-refractivity contribution is 7.91. The van der Waals surface area contributed by atoms with E-state index >= 15 is 0 Å². The third-order valence-electron chi connectivity index (χ3n) is 5.00. The number of amides is 1. The van der Waals surface area contributed by atoms with Crippen LogP contribution in [0.25, 0.3) is 0 Å². The lowest BCUT2D eigenvalue weighted by molar-refractivity contribution is 0.154. The van der Waals surface area contributed by atoms with E-state index in [0.29, 0.717) is 23.4 Å². The van der Waals surface area contributed by atoms with Gasteiger partial charge in [0.05, 0.1) is 6.54 Å². The van der Waals surface area contributed by atoms with E-state index < -0.39 is 28.0 Å². The Labute approximate surface area is 150 Å². The normalized spacial score (nSPS) is 26.0. The highest BCUT2D eigenvalue weighted by atomic mass is 32.2.